The highest BCUT2D eigenvalue weighted by molar-refractivity contribution is 6.20. The molecule has 0 heterocycles. The molecule has 0 saturated heterocycles. The number of ether oxygens (including phenoxy) is 1. The molecule has 0 aliphatic rings. The van der Waals surface area contributed by atoms with Crippen LogP contribution in [0.5, 0.6) is 5.75 Å². The average Bonchev–Trinajstić information content (AvgIpc) is 2.38. The Labute approximate surface area is 110 Å². The summed E-state index contributed by atoms with van der Waals surface area (Å²) in [6, 6.07) is 8.06. The molecule has 2 heteroatoms. The van der Waals surface area contributed by atoms with Crippen LogP contribution in [0.15, 0.2) is 24.3 Å². The zero-order valence-electron chi connectivity index (χ0n) is 10.9. The van der Waals surface area contributed by atoms with Crippen LogP contribution >= 0.6 is 11.6 Å². The van der Waals surface area contributed by atoms with E-state index < -0.39 is 0 Å². The maximum absolute atomic E-state index is 6.37. The maximum atomic E-state index is 6.37. The van der Waals surface area contributed by atoms with Gasteiger partial charge in [0.15, 0.2) is 0 Å². The summed E-state index contributed by atoms with van der Waals surface area (Å²) in [5, 5.41) is 0.141. The van der Waals surface area contributed by atoms with Gasteiger partial charge in [-0.25, -0.2) is 0 Å². The number of benzene rings is 1. The fourth-order valence-electron chi connectivity index (χ4n) is 1.91. The Morgan fingerprint density at radius 1 is 1.06 bits per heavy atom. The number of halogens is 1. The van der Waals surface area contributed by atoms with Gasteiger partial charge in [-0.05, 0) is 24.1 Å². The summed E-state index contributed by atoms with van der Waals surface area (Å²) >= 11 is 6.37. The minimum atomic E-state index is 0.141. The molecule has 1 atom stereocenters. The first-order chi connectivity index (χ1) is 8.27. The van der Waals surface area contributed by atoms with Crippen molar-refractivity contribution in [2.75, 3.05) is 7.11 Å². The first-order valence-electron chi connectivity index (χ1n) is 6.56. The van der Waals surface area contributed by atoms with E-state index in [0.717, 1.165) is 12.2 Å². The Kier molecular flexibility index (Phi) is 7.11. The van der Waals surface area contributed by atoms with E-state index in [4.69, 9.17) is 16.3 Å². The van der Waals surface area contributed by atoms with Crippen LogP contribution in [-0.2, 0) is 0 Å². The summed E-state index contributed by atoms with van der Waals surface area (Å²) in [4.78, 5) is 0. The summed E-state index contributed by atoms with van der Waals surface area (Å²) in [5.74, 6) is 0.889. The van der Waals surface area contributed by atoms with Crippen molar-refractivity contribution in [3.05, 3.63) is 29.8 Å². The molecule has 0 amide bonds. The summed E-state index contributed by atoms with van der Waals surface area (Å²) in [5.41, 5.74) is 1.20. The van der Waals surface area contributed by atoms with E-state index in [1.807, 2.05) is 12.1 Å². The number of hydrogen-bond acceptors (Lipinski definition) is 1. The molecule has 1 rings (SSSR count). The first-order valence-corrected chi connectivity index (χ1v) is 6.99. The third-order valence-electron chi connectivity index (χ3n) is 3.04. The van der Waals surface area contributed by atoms with E-state index in [1.165, 1.54) is 37.7 Å². The zero-order valence-corrected chi connectivity index (χ0v) is 11.7. The minimum Gasteiger partial charge on any atom is -0.497 e. The van der Waals surface area contributed by atoms with E-state index >= 15 is 0 Å². The second-order valence-corrected chi connectivity index (χ2v) is 4.97. The molecule has 0 fully saturated rings. The van der Waals surface area contributed by atoms with Crippen LogP contribution in [0.3, 0.4) is 0 Å². The van der Waals surface area contributed by atoms with Crippen molar-refractivity contribution < 1.29 is 4.74 Å². The SMILES string of the molecule is CCCCCCCC(Cl)c1ccc(OC)cc1. The molecule has 0 N–H and O–H groups in total. The summed E-state index contributed by atoms with van der Waals surface area (Å²) in [6.45, 7) is 2.24. The van der Waals surface area contributed by atoms with Crippen molar-refractivity contribution in [2.24, 2.45) is 0 Å². The molecule has 0 saturated carbocycles. The van der Waals surface area contributed by atoms with Crippen molar-refractivity contribution in [1.29, 1.82) is 0 Å². The van der Waals surface area contributed by atoms with Gasteiger partial charge in [0.05, 0.1) is 12.5 Å². The van der Waals surface area contributed by atoms with Gasteiger partial charge in [0.1, 0.15) is 5.75 Å². The molecule has 1 unspecified atom stereocenters. The number of methoxy groups -OCH3 is 1. The normalized spacial score (nSPS) is 12.4. The molecule has 0 radical (unpaired) electrons. The van der Waals surface area contributed by atoms with E-state index in [-0.39, 0.29) is 5.38 Å². The van der Waals surface area contributed by atoms with Crippen molar-refractivity contribution in [1.82, 2.24) is 0 Å². The predicted molar refractivity (Wildman–Crippen MR) is 75.0 cm³/mol. The molecule has 0 spiro atoms. The first kappa shape index (κ1) is 14.4. The summed E-state index contributed by atoms with van der Waals surface area (Å²) in [7, 11) is 1.68. The Morgan fingerprint density at radius 2 is 1.71 bits per heavy atom. The number of alkyl halides is 1. The quantitative estimate of drug-likeness (QED) is 0.450. The number of hydrogen-bond donors (Lipinski definition) is 0. The van der Waals surface area contributed by atoms with E-state index in [9.17, 15) is 0 Å². The van der Waals surface area contributed by atoms with E-state index in [0.29, 0.717) is 0 Å². The third-order valence-corrected chi connectivity index (χ3v) is 3.51. The number of unbranched alkanes of at least 4 members (excludes halogenated alkanes) is 4. The van der Waals surface area contributed by atoms with Gasteiger partial charge in [-0.2, -0.15) is 0 Å². The fourth-order valence-corrected chi connectivity index (χ4v) is 2.21. The molecule has 0 aliphatic carbocycles. The molecule has 17 heavy (non-hydrogen) atoms. The van der Waals surface area contributed by atoms with Gasteiger partial charge in [-0.15, -0.1) is 11.6 Å². The molecule has 0 aromatic heterocycles. The largest absolute Gasteiger partial charge is 0.497 e. The highest BCUT2D eigenvalue weighted by atomic mass is 35.5. The van der Waals surface area contributed by atoms with Gasteiger partial charge in [0.2, 0.25) is 0 Å². The molecule has 0 aliphatic heterocycles. The van der Waals surface area contributed by atoms with Crippen LogP contribution in [0, 0.1) is 0 Å². The van der Waals surface area contributed by atoms with Crippen LogP contribution in [-0.4, -0.2) is 7.11 Å². The van der Waals surface area contributed by atoms with Gasteiger partial charge in [-0.3, -0.25) is 0 Å². The lowest BCUT2D eigenvalue weighted by Crippen LogP contribution is -1.91. The Hall–Kier alpha value is -0.690. The van der Waals surface area contributed by atoms with Crippen molar-refractivity contribution in [3.8, 4) is 5.75 Å². The average molecular weight is 255 g/mol. The van der Waals surface area contributed by atoms with Crippen molar-refractivity contribution in [3.63, 3.8) is 0 Å². The van der Waals surface area contributed by atoms with Crippen molar-refractivity contribution in [2.45, 2.75) is 50.8 Å². The lowest BCUT2D eigenvalue weighted by Gasteiger charge is -2.10. The summed E-state index contributed by atoms with van der Waals surface area (Å²) in [6.07, 6.45) is 7.56. The molecule has 1 aromatic carbocycles. The third kappa shape index (κ3) is 5.45. The predicted octanol–water partition coefficient (Wildman–Crippen LogP) is 5.34. The minimum absolute atomic E-state index is 0.141. The molecular formula is C15H23ClO. The zero-order chi connectivity index (χ0) is 12.5. The highest BCUT2D eigenvalue weighted by Crippen LogP contribution is 2.28. The van der Waals surface area contributed by atoms with Gasteiger partial charge < -0.3 is 4.74 Å². The fraction of sp³-hybridized carbons (Fsp3) is 0.600. The van der Waals surface area contributed by atoms with Gasteiger partial charge in [0.25, 0.3) is 0 Å². The summed E-state index contributed by atoms with van der Waals surface area (Å²) < 4.78 is 5.13. The Balaban J connectivity index is 2.28. The monoisotopic (exact) mass is 254 g/mol. The molecule has 1 nitrogen and oxygen atoms in total. The molecule has 96 valence electrons. The van der Waals surface area contributed by atoms with Crippen LogP contribution in [0.2, 0.25) is 0 Å². The Bertz CT molecular complexity index is 294. The standard InChI is InChI=1S/C15H23ClO/c1-3-4-5-6-7-8-15(16)13-9-11-14(17-2)12-10-13/h9-12,15H,3-8H2,1-2H3. The van der Waals surface area contributed by atoms with E-state index in [1.54, 1.807) is 7.11 Å². The topological polar surface area (TPSA) is 9.23 Å². The maximum Gasteiger partial charge on any atom is 0.118 e. The van der Waals surface area contributed by atoms with Gasteiger partial charge in [0, 0.05) is 0 Å². The lowest BCUT2D eigenvalue weighted by molar-refractivity contribution is 0.414. The Morgan fingerprint density at radius 3 is 2.29 bits per heavy atom. The van der Waals surface area contributed by atoms with Gasteiger partial charge in [-0.1, -0.05) is 51.2 Å². The van der Waals surface area contributed by atoms with Crippen LogP contribution in [0.4, 0.5) is 0 Å². The molecule has 0 bridgehead atoms. The van der Waals surface area contributed by atoms with Crippen molar-refractivity contribution >= 4 is 11.6 Å². The second-order valence-electron chi connectivity index (χ2n) is 4.44. The lowest BCUT2D eigenvalue weighted by atomic mass is 10.0. The second kappa shape index (κ2) is 8.41. The van der Waals surface area contributed by atoms with Gasteiger partial charge >= 0.3 is 0 Å². The molecular weight excluding hydrogens is 232 g/mol. The van der Waals surface area contributed by atoms with Crippen LogP contribution in [0.25, 0.3) is 0 Å². The smallest absolute Gasteiger partial charge is 0.118 e. The van der Waals surface area contributed by atoms with Crippen LogP contribution in [0.1, 0.15) is 56.4 Å². The van der Waals surface area contributed by atoms with Crippen LogP contribution < -0.4 is 4.74 Å². The molecule has 1 aromatic rings. The van der Waals surface area contributed by atoms with E-state index in [2.05, 4.69) is 19.1 Å². The highest BCUT2D eigenvalue weighted by Gasteiger charge is 2.07. The number of rotatable bonds is 8.